The van der Waals surface area contributed by atoms with Crippen molar-refractivity contribution in [2.24, 2.45) is 0 Å². The molecule has 28 heavy (non-hydrogen) atoms. The summed E-state index contributed by atoms with van der Waals surface area (Å²) < 4.78 is 11.2. The van der Waals surface area contributed by atoms with E-state index >= 15 is 0 Å². The van der Waals surface area contributed by atoms with E-state index in [1.807, 2.05) is 4.90 Å². The molecule has 1 aliphatic heterocycles. The van der Waals surface area contributed by atoms with Crippen molar-refractivity contribution < 1.29 is 24.2 Å². The van der Waals surface area contributed by atoms with E-state index in [1.165, 1.54) is 7.11 Å². The minimum atomic E-state index is -1.37. The third-order valence-electron chi connectivity index (χ3n) is 4.89. The normalized spacial score (nSPS) is 15.6. The molecule has 0 atom stereocenters. The fraction of sp³-hybridized carbons (Fsp3) is 0.350. The Bertz CT molecular complexity index is 862. The molecule has 1 aromatic carbocycles. The lowest BCUT2D eigenvalue weighted by molar-refractivity contribution is -0.157. The molecule has 0 aliphatic carbocycles. The first-order chi connectivity index (χ1) is 13.5. The molecule has 0 unspecified atom stereocenters. The molecule has 0 bridgehead atoms. The molecule has 148 valence electrons. The maximum absolute atomic E-state index is 12.1. The number of nitrogens with one attached hydrogen (secondary N) is 1. The van der Waals surface area contributed by atoms with Gasteiger partial charge < -0.3 is 24.8 Å². The van der Waals surface area contributed by atoms with Crippen LogP contribution in [0.1, 0.15) is 23.2 Å². The Morgan fingerprint density at radius 1 is 1.14 bits per heavy atom. The zero-order valence-electron chi connectivity index (χ0n) is 15.8. The second kappa shape index (κ2) is 8.16. The van der Waals surface area contributed by atoms with Crippen molar-refractivity contribution in [1.29, 1.82) is 0 Å². The van der Waals surface area contributed by atoms with Crippen LogP contribution < -0.4 is 19.7 Å². The number of para-hydroxylation sites is 2. The second-order valence-electron chi connectivity index (χ2n) is 6.49. The van der Waals surface area contributed by atoms with Gasteiger partial charge in [-0.15, -0.1) is 0 Å². The number of aromatic nitrogens is 1. The van der Waals surface area contributed by atoms with Crippen LogP contribution in [0.4, 0.5) is 5.82 Å². The number of ether oxygens (including phenoxy) is 2. The standard InChI is InChI=1S/C20H23N3O5/c1-21-18(24)14-6-5-11-22-17(14)23-12-9-20(10-13-23,19(25)26)28-16-8-4-3-7-15(16)27-2/h3-8,11H,9-10,12-13H2,1-2H3,(H,21,24)(H,25,26). The van der Waals surface area contributed by atoms with E-state index < -0.39 is 11.6 Å². The minimum Gasteiger partial charge on any atom is -0.493 e. The first kappa shape index (κ1) is 19.5. The lowest BCUT2D eigenvalue weighted by Gasteiger charge is -2.39. The zero-order valence-corrected chi connectivity index (χ0v) is 15.8. The fourth-order valence-corrected chi connectivity index (χ4v) is 3.31. The number of hydrogen-bond acceptors (Lipinski definition) is 6. The summed E-state index contributed by atoms with van der Waals surface area (Å²) in [5, 5.41) is 12.5. The highest BCUT2D eigenvalue weighted by atomic mass is 16.5. The van der Waals surface area contributed by atoms with Crippen LogP contribution in [0.2, 0.25) is 0 Å². The number of rotatable bonds is 6. The van der Waals surface area contributed by atoms with Crippen molar-refractivity contribution in [1.82, 2.24) is 10.3 Å². The van der Waals surface area contributed by atoms with Gasteiger partial charge >= 0.3 is 5.97 Å². The largest absolute Gasteiger partial charge is 0.493 e. The molecule has 0 radical (unpaired) electrons. The summed E-state index contributed by atoms with van der Waals surface area (Å²) in [5.74, 6) is 0.161. The first-order valence-corrected chi connectivity index (χ1v) is 8.98. The smallest absolute Gasteiger partial charge is 0.348 e. The Kier molecular flexibility index (Phi) is 5.67. The van der Waals surface area contributed by atoms with Crippen molar-refractivity contribution in [3.05, 3.63) is 48.2 Å². The molecule has 3 rings (SSSR count). The maximum atomic E-state index is 12.1. The third kappa shape index (κ3) is 3.71. The van der Waals surface area contributed by atoms with Gasteiger partial charge in [0.05, 0.1) is 12.7 Å². The number of pyridine rings is 1. The van der Waals surface area contributed by atoms with Gasteiger partial charge in [-0.25, -0.2) is 9.78 Å². The van der Waals surface area contributed by atoms with Gasteiger partial charge in [-0.1, -0.05) is 12.1 Å². The third-order valence-corrected chi connectivity index (χ3v) is 4.89. The quantitative estimate of drug-likeness (QED) is 0.784. The van der Waals surface area contributed by atoms with E-state index in [4.69, 9.17) is 9.47 Å². The summed E-state index contributed by atoms with van der Waals surface area (Å²) in [7, 11) is 3.07. The number of aliphatic carboxylic acids is 1. The number of hydrogen-bond donors (Lipinski definition) is 2. The van der Waals surface area contributed by atoms with Crippen molar-refractivity contribution in [3.63, 3.8) is 0 Å². The number of piperidine rings is 1. The van der Waals surface area contributed by atoms with Crippen LogP contribution in [-0.2, 0) is 4.79 Å². The molecule has 1 saturated heterocycles. The van der Waals surface area contributed by atoms with E-state index in [0.717, 1.165) is 0 Å². The Morgan fingerprint density at radius 3 is 2.43 bits per heavy atom. The number of benzene rings is 1. The Balaban J connectivity index is 1.82. The molecule has 1 aromatic heterocycles. The lowest BCUT2D eigenvalue weighted by Crippen LogP contribution is -2.53. The monoisotopic (exact) mass is 385 g/mol. The maximum Gasteiger partial charge on any atom is 0.348 e. The molecule has 0 spiro atoms. The topological polar surface area (TPSA) is 101 Å². The van der Waals surface area contributed by atoms with Gasteiger partial charge in [0.15, 0.2) is 11.5 Å². The summed E-state index contributed by atoms with van der Waals surface area (Å²) in [6.07, 6.45) is 2.10. The molecular weight excluding hydrogens is 362 g/mol. The van der Waals surface area contributed by atoms with Gasteiger partial charge in [-0.05, 0) is 24.3 Å². The van der Waals surface area contributed by atoms with Crippen molar-refractivity contribution in [2.45, 2.75) is 18.4 Å². The number of anilines is 1. The Morgan fingerprint density at radius 2 is 1.82 bits per heavy atom. The van der Waals surface area contributed by atoms with Gasteiger partial charge in [0, 0.05) is 39.2 Å². The molecule has 1 fully saturated rings. The predicted octanol–water partition coefficient (Wildman–Crippen LogP) is 1.95. The fourth-order valence-electron chi connectivity index (χ4n) is 3.31. The minimum absolute atomic E-state index is 0.233. The van der Waals surface area contributed by atoms with Crippen LogP contribution in [0.5, 0.6) is 11.5 Å². The summed E-state index contributed by atoms with van der Waals surface area (Å²) in [5.41, 5.74) is -0.911. The van der Waals surface area contributed by atoms with Gasteiger partial charge in [-0.3, -0.25) is 4.79 Å². The molecule has 1 aliphatic rings. The molecule has 1 amide bonds. The van der Waals surface area contributed by atoms with Gasteiger partial charge in [0.1, 0.15) is 5.82 Å². The Labute approximate surface area is 163 Å². The highest BCUT2D eigenvalue weighted by Crippen LogP contribution is 2.35. The number of methoxy groups -OCH3 is 1. The number of nitrogens with zero attached hydrogens (tertiary/aromatic N) is 2. The molecule has 2 N–H and O–H groups in total. The van der Waals surface area contributed by atoms with E-state index in [1.54, 1.807) is 49.6 Å². The van der Waals surface area contributed by atoms with Gasteiger partial charge in [0.25, 0.3) is 5.91 Å². The van der Waals surface area contributed by atoms with Crippen molar-refractivity contribution >= 4 is 17.7 Å². The average molecular weight is 385 g/mol. The van der Waals surface area contributed by atoms with E-state index in [-0.39, 0.29) is 18.7 Å². The first-order valence-electron chi connectivity index (χ1n) is 8.98. The number of carboxylic acids is 1. The Hall–Kier alpha value is -3.29. The van der Waals surface area contributed by atoms with Crippen LogP contribution in [0.15, 0.2) is 42.6 Å². The van der Waals surface area contributed by atoms with E-state index in [9.17, 15) is 14.7 Å². The van der Waals surface area contributed by atoms with Crippen LogP contribution >= 0.6 is 0 Å². The van der Waals surface area contributed by atoms with Gasteiger partial charge in [0.2, 0.25) is 5.60 Å². The highest BCUT2D eigenvalue weighted by Gasteiger charge is 2.45. The number of amides is 1. The number of carbonyl (C=O) groups excluding carboxylic acids is 1. The second-order valence-corrected chi connectivity index (χ2v) is 6.49. The van der Waals surface area contributed by atoms with Crippen LogP contribution in [0, 0.1) is 0 Å². The molecule has 0 saturated carbocycles. The summed E-state index contributed by atoms with van der Waals surface area (Å²) in [6, 6.07) is 10.4. The molecular formula is C20H23N3O5. The van der Waals surface area contributed by atoms with Gasteiger partial charge in [-0.2, -0.15) is 0 Å². The lowest BCUT2D eigenvalue weighted by atomic mass is 9.90. The SMILES string of the molecule is CNC(=O)c1cccnc1N1CCC(Oc2ccccc2OC)(C(=O)O)CC1. The summed E-state index contributed by atoms with van der Waals surface area (Å²) in [6.45, 7) is 0.783. The summed E-state index contributed by atoms with van der Waals surface area (Å²) in [4.78, 5) is 30.4. The molecule has 2 aromatic rings. The van der Waals surface area contributed by atoms with E-state index in [0.29, 0.717) is 36.0 Å². The number of carboxylic acid groups (broad SMARTS) is 1. The van der Waals surface area contributed by atoms with Crippen molar-refractivity contribution in [3.8, 4) is 11.5 Å². The average Bonchev–Trinajstić information content (AvgIpc) is 2.74. The van der Waals surface area contributed by atoms with Crippen LogP contribution in [-0.4, -0.2) is 54.8 Å². The predicted molar refractivity (Wildman–Crippen MR) is 103 cm³/mol. The number of carbonyl (C=O) groups is 2. The zero-order chi connectivity index (χ0) is 20.1. The summed E-state index contributed by atoms with van der Waals surface area (Å²) >= 11 is 0. The van der Waals surface area contributed by atoms with Crippen LogP contribution in [0.3, 0.4) is 0 Å². The molecule has 8 nitrogen and oxygen atoms in total. The van der Waals surface area contributed by atoms with E-state index in [2.05, 4.69) is 10.3 Å². The molecule has 2 heterocycles. The highest BCUT2D eigenvalue weighted by molar-refractivity contribution is 5.98. The van der Waals surface area contributed by atoms with Crippen molar-refractivity contribution in [2.75, 3.05) is 32.1 Å². The molecule has 8 heteroatoms. The van der Waals surface area contributed by atoms with Crippen LogP contribution in [0.25, 0.3) is 0 Å².